The minimum atomic E-state index is -0.315. The second-order valence-corrected chi connectivity index (χ2v) is 5.18. The summed E-state index contributed by atoms with van der Waals surface area (Å²) in [4.78, 5) is 6.60. The van der Waals surface area contributed by atoms with E-state index in [1.54, 1.807) is 6.20 Å². The van der Waals surface area contributed by atoms with E-state index in [0.717, 1.165) is 39.1 Å². The Morgan fingerprint density at radius 1 is 1.32 bits per heavy atom. The first kappa shape index (κ1) is 13.0. The van der Waals surface area contributed by atoms with Gasteiger partial charge >= 0.3 is 0 Å². The molecular formula is C14H21N3O2. The summed E-state index contributed by atoms with van der Waals surface area (Å²) in [5.41, 5.74) is 7.14. The summed E-state index contributed by atoms with van der Waals surface area (Å²) in [7, 11) is 0. The van der Waals surface area contributed by atoms with E-state index >= 15 is 0 Å². The third-order valence-electron chi connectivity index (χ3n) is 4.11. The summed E-state index contributed by atoms with van der Waals surface area (Å²) in [6, 6.07) is 4.30. The normalized spacial score (nSPS) is 24.7. The first-order valence-corrected chi connectivity index (χ1v) is 6.95. The number of hydrogen-bond acceptors (Lipinski definition) is 5. The van der Waals surface area contributed by atoms with Crippen molar-refractivity contribution in [3.63, 3.8) is 0 Å². The van der Waals surface area contributed by atoms with Gasteiger partial charge in [0, 0.05) is 50.9 Å². The summed E-state index contributed by atoms with van der Waals surface area (Å²) in [6.07, 6.45) is 5.54. The van der Waals surface area contributed by atoms with Crippen molar-refractivity contribution in [3.8, 4) is 0 Å². The molecule has 0 saturated carbocycles. The largest absolute Gasteiger partial charge is 0.347 e. The van der Waals surface area contributed by atoms with Gasteiger partial charge in [-0.15, -0.1) is 0 Å². The molecule has 2 N–H and O–H groups in total. The van der Waals surface area contributed by atoms with E-state index < -0.39 is 0 Å². The third kappa shape index (κ3) is 2.65. The molecule has 2 fully saturated rings. The van der Waals surface area contributed by atoms with Crippen molar-refractivity contribution in [2.75, 3.05) is 32.8 Å². The zero-order valence-corrected chi connectivity index (χ0v) is 11.1. The molecule has 5 heteroatoms. The highest BCUT2D eigenvalue weighted by Gasteiger charge is 2.41. The fraction of sp³-hybridized carbons (Fsp3) is 0.643. The number of rotatable bonds is 3. The van der Waals surface area contributed by atoms with Crippen LogP contribution in [0.3, 0.4) is 0 Å². The molecule has 5 nitrogen and oxygen atoms in total. The van der Waals surface area contributed by atoms with E-state index in [4.69, 9.17) is 15.2 Å². The molecule has 0 radical (unpaired) electrons. The second-order valence-electron chi connectivity index (χ2n) is 5.18. The van der Waals surface area contributed by atoms with Crippen molar-refractivity contribution in [1.82, 2.24) is 9.88 Å². The fourth-order valence-corrected chi connectivity index (χ4v) is 3.03. The molecule has 2 aliphatic rings. The third-order valence-corrected chi connectivity index (χ3v) is 4.11. The number of aromatic nitrogens is 1. The zero-order chi connectivity index (χ0) is 13.1. The average Bonchev–Trinajstić information content (AvgIpc) is 2.92. The van der Waals surface area contributed by atoms with Crippen LogP contribution in [-0.2, 0) is 9.47 Å². The van der Waals surface area contributed by atoms with E-state index in [1.807, 2.05) is 12.3 Å². The summed E-state index contributed by atoms with van der Waals surface area (Å²) in [6.45, 7) is 3.97. The van der Waals surface area contributed by atoms with Crippen LogP contribution in [0.1, 0.15) is 24.4 Å². The lowest BCUT2D eigenvalue weighted by Gasteiger charge is -2.41. The van der Waals surface area contributed by atoms with Crippen LogP contribution in [0.2, 0.25) is 0 Å². The molecule has 0 amide bonds. The maximum atomic E-state index is 5.95. The molecule has 3 heterocycles. The van der Waals surface area contributed by atoms with Crippen molar-refractivity contribution in [3.05, 3.63) is 30.1 Å². The summed E-state index contributed by atoms with van der Waals surface area (Å²) < 4.78 is 11.5. The molecule has 0 aliphatic carbocycles. The number of likely N-dealkylation sites (tertiary alicyclic amines) is 1. The molecule has 1 spiro atoms. The van der Waals surface area contributed by atoms with Gasteiger partial charge < -0.3 is 15.2 Å². The summed E-state index contributed by atoms with van der Waals surface area (Å²) in [5, 5.41) is 0. The van der Waals surface area contributed by atoms with Gasteiger partial charge in [-0.3, -0.25) is 9.88 Å². The van der Waals surface area contributed by atoms with Gasteiger partial charge in [0.25, 0.3) is 0 Å². The number of nitrogens with zero attached hydrogens (tertiary/aromatic N) is 2. The Hall–Kier alpha value is -1.01. The van der Waals surface area contributed by atoms with Crippen molar-refractivity contribution < 1.29 is 9.47 Å². The van der Waals surface area contributed by atoms with Crippen LogP contribution in [0.15, 0.2) is 24.5 Å². The summed E-state index contributed by atoms with van der Waals surface area (Å²) in [5.74, 6) is -0.315. The van der Waals surface area contributed by atoms with Crippen LogP contribution in [0.4, 0.5) is 0 Å². The Labute approximate surface area is 113 Å². The Kier molecular flexibility index (Phi) is 3.79. The SMILES string of the molecule is NCC(c1cccnc1)N1CCC2(CC1)OCCO2. The van der Waals surface area contributed by atoms with Gasteiger partial charge in [0.05, 0.1) is 13.2 Å². The van der Waals surface area contributed by atoms with Crippen LogP contribution in [0, 0.1) is 0 Å². The molecule has 1 unspecified atom stereocenters. The van der Waals surface area contributed by atoms with E-state index in [9.17, 15) is 0 Å². The van der Waals surface area contributed by atoms with Crippen molar-refractivity contribution in [1.29, 1.82) is 0 Å². The number of piperidine rings is 1. The van der Waals surface area contributed by atoms with E-state index in [1.165, 1.54) is 5.56 Å². The number of ether oxygens (including phenoxy) is 2. The predicted octanol–water partition coefficient (Wildman–Crippen LogP) is 0.920. The number of nitrogens with two attached hydrogens (primary N) is 1. The lowest BCUT2D eigenvalue weighted by Crippen LogP contribution is -2.47. The molecule has 3 rings (SSSR count). The number of pyridine rings is 1. The molecule has 1 aromatic heterocycles. The lowest BCUT2D eigenvalue weighted by atomic mass is 9.99. The number of hydrogen-bond donors (Lipinski definition) is 1. The summed E-state index contributed by atoms with van der Waals surface area (Å²) >= 11 is 0. The van der Waals surface area contributed by atoms with Crippen LogP contribution >= 0.6 is 0 Å². The monoisotopic (exact) mass is 263 g/mol. The molecule has 0 aromatic carbocycles. The van der Waals surface area contributed by atoms with Crippen molar-refractivity contribution in [2.45, 2.75) is 24.7 Å². The van der Waals surface area contributed by atoms with E-state index in [2.05, 4.69) is 16.0 Å². The first-order chi connectivity index (χ1) is 9.33. The van der Waals surface area contributed by atoms with E-state index in [0.29, 0.717) is 6.54 Å². The van der Waals surface area contributed by atoms with Crippen LogP contribution in [0.25, 0.3) is 0 Å². The van der Waals surface area contributed by atoms with Crippen LogP contribution in [0.5, 0.6) is 0 Å². The fourth-order valence-electron chi connectivity index (χ4n) is 3.03. The van der Waals surface area contributed by atoms with Gasteiger partial charge in [-0.05, 0) is 11.6 Å². The minimum Gasteiger partial charge on any atom is -0.347 e. The average molecular weight is 263 g/mol. The second kappa shape index (κ2) is 5.54. The molecule has 1 atom stereocenters. The van der Waals surface area contributed by atoms with Gasteiger partial charge in [0.15, 0.2) is 5.79 Å². The van der Waals surface area contributed by atoms with Gasteiger partial charge in [0.1, 0.15) is 0 Å². The van der Waals surface area contributed by atoms with Crippen molar-refractivity contribution in [2.24, 2.45) is 5.73 Å². The van der Waals surface area contributed by atoms with Gasteiger partial charge in [-0.2, -0.15) is 0 Å². The highest BCUT2D eigenvalue weighted by molar-refractivity contribution is 5.15. The molecule has 2 saturated heterocycles. The minimum absolute atomic E-state index is 0.243. The maximum absolute atomic E-state index is 5.95. The molecule has 104 valence electrons. The Bertz CT molecular complexity index is 396. The molecule has 1 aromatic rings. The highest BCUT2D eigenvalue weighted by atomic mass is 16.7. The Balaban J connectivity index is 1.66. The van der Waals surface area contributed by atoms with Crippen LogP contribution < -0.4 is 5.73 Å². The van der Waals surface area contributed by atoms with Gasteiger partial charge in [-0.25, -0.2) is 0 Å². The lowest BCUT2D eigenvalue weighted by molar-refractivity contribution is -0.187. The van der Waals surface area contributed by atoms with E-state index in [-0.39, 0.29) is 11.8 Å². The molecule has 19 heavy (non-hydrogen) atoms. The topological polar surface area (TPSA) is 60.6 Å². The van der Waals surface area contributed by atoms with Gasteiger partial charge in [-0.1, -0.05) is 6.07 Å². The maximum Gasteiger partial charge on any atom is 0.170 e. The highest BCUT2D eigenvalue weighted by Crippen LogP contribution is 2.34. The first-order valence-electron chi connectivity index (χ1n) is 6.95. The smallest absolute Gasteiger partial charge is 0.170 e. The predicted molar refractivity (Wildman–Crippen MR) is 71.5 cm³/mol. The quantitative estimate of drug-likeness (QED) is 0.878. The Morgan fingerprint density at radius 3 is 2.63 bits per heavy atom. The molecule has 0 bridgehead atoms. The molecular weight excluding hydrogens is 242 g/mol. The standard InChI is InChI=1S/C14H21N3O2/c15-10-13(12-2-1-5-16-11-12)17-6-3-14(4-7-17)18-8-9-19-14/h1-2,5,11,13H,3-4,6-10,15H2. The van der Waals surface area contributed by atoms with Crippen molar-refractivity contribution >= 4 is 0 Å². The zero-order valence-electron chi connectivity index (χ0n) is 11.1. The Morgan fingerprint density at radius 2 is 2.05 bits per heavy atom. The van der Waals surface area contributed by atoms with Gasteiger partial charge in [0.2, 0.25) is 0 Å². The van der Waals surface area contributed by atoms with Crippen LogP contribution in [-0.4, -0.2) is 48.5 Å². The molecule has 2 aliphatic heterocycles.